The Kier molecular flexibility index (Phi) is 4.42. The number of aryl methyl sites for hydroxylation is 1. The fraction of sp³-hybridized carbons (Fsp3) is 0.444. The van der Waals surface area contributed by atoms with Crippen LogP contribution in [-0.2, 0) is 6.42 Å². The number of benzene rings is 1. The number of rotatable bonds is 7. The summed E-state index contributed by atoms with van der Waals surface area (Å²) in [4.78, 5) is 0. The van der Waals surface area contributed by atoms with Gasteiger partial charge < -0.3 is 14.8 Å². The third-order valence-electron chi connectivity index (χ3n) is 4.21. The number of aliphatic hydroxyl groups is 1. The van der Waals surface area contributed by atoms with Crippen molar-refractivity contribution < 1.29 is 9.52 Å². The molecule has 0 amide bonds. The van der Waals surface area contributed by atoms with Crippen molar-refractivity contribution in [1.29, 1.82) is 0 Å². The van der Waals surface area contributed by atoms with Crippen LogP contribution in [-0.4, -0.2) is 17.7 Å². The zero-order valence-electron chi connectivity index (χ0n) is 12.5. The van der Waals surface area contributed by atoms with Gasteiger partial charge in [0.15, 0.2) is 0 Å². The monoisotopic (exact) mass is 285 g/mol. The molecule has 1 heterocycles. The standard InChI is InChI=1S/C18H23NO2/c1-13-4-6-14(7-5-13)11-16(15-8-9-15)19-12-17(20)18-3-2-10-21-18/h2-7,10,15-17,19-20H,8-9,11-12H2,1H3. The van der Waals surface area contributed by atoms with E-state index in [4.69, 9.17) is 4.42 Å². The van der Waals surface area contributed by atoms with Crippen LogP contribution in [0.1, 0.15) is 35.8 Å². The van der Waals surface area contributed by atoms with E-state index in [-0.39, 0.29) is 0 Å². The Balaban J connectivity index is 1.56. The van der Waals surface area contributed by atoms with Gasteiger partial charge >= 0.3 is 0 Å². The highest BCUT2D eigenvalue weighted by Gasteiger charge is 2.31. The van der Waals surface area contributed by atoms with Gasteiger partial charge in [0.2, 0.25) is 0 Å². The van der Waals surface area contributed by atoms with Crippen LogP contribution in [0.5, 0.6) is 0 Å². The fourth-order valence-electron chi connectivity index (χ4n) is 2.73. The van der Waals surface area contributed by atoms with Crippen molar-refractivity contribution in [1.82, 2.24) is 5.32 Å². The first-order chi connectivity index (χ1) is 10.2. The summed E-state index contributed by atoms with van der Waals surface area (Å²) in [7, 11) is 0. The van der Waals surface area contributed by atoms with Crippen molar-refractivity contribution in [2.75, 3.05) is 6.54 Å². The second-order valence-electron chi connectivity index (χ2n) is 6.07. The van der Waals surface area contributed by atoms with Crippen molar-refractivity contribution in [2.24, 2.45) is 5.92 Å². The van der Waals surface area contributed by atoms with Crippen molar-refractivity contribution in [3.63, 3.8) is 0 Å². The maximum absolute atomic E-state index is 10.1. The van der Waals surface area contributed by atoms with Gasteiger partial charge in [-0.3, -0.25) is 0 Å². The summed E-state index contributed by atoms with van der Waals surface area (Å²) in [6, 6.07) is 12.8. The van der Waals surface area contributed by atoms with Gasteiger partial charge in [0.1, 0.15) is 11.9 Å². The van der Waals surface area contributed by atoms with E-state index in [1.165, 1.54) is 24.0 Å². The minimum Gasteiger partial charge on any atom is -0.467 e. The molecule has 1 aliphatic carbocycles. The van der Waals surface area contributed by atoms with Crippen LogP contribution < -0.4 is 5.32 Å². The number of hydrogen-bond acceptors (Lipinski definition) is 3. The topological polar surface area (TPSA) is 45.4 Å². The van der Waals surface area contributed by atoms with E-state index in [1.807, 2.05) is 12.1 Å². The molecule has 3 heteroatoms. The summed E-state index contributed by atoms with van der Waals surface area (Å²) in [6.07, 6.45) is 4.64. The van der Waals surface area contributed by atoms with Crippen LogP contribution in [0, 0.1) is 12.8 Å². The minimum absolute atomic E-state index is 0.442. The molecule has 2 unspecified atom stereocenters. The normalized spacial score (nSPS) is 17.6. The molecule has 0 saturated heterocycles. The van der Waals surface area contributed by atoms with E-state index in [2.05, 4.69) is 36.5 Å². The Hall–Kier alpha value is -1.58. The highest BCUT2D eigenvalue weighted by Crippen LogP contribution is 2.34. The molecule has 0 radical (unpaired) electrons. The van der Waals surface area contributed by atoms with Gasteiger partial charge in [0.25, 0.3) is 0 Å². The lowest BCUT2D eigenvalue weighted by molar-refractivity contribution is 0.142. The zero-order valence-corrected chi connectivity index (χ0v) is 12.5. The third-order valence-corrected chi connectivity index (χ3v) is 4.21. The Bertz CT molecular complexity index is 543. The zero-order chi connectivity index (χ0) is 14.7. The Morgan fingerprint density at radius 2 is 2.00 bits per heavy atom. The molecule has 112 valence electrons. The maximum atomic E-state index is 10.1. The molecule has 2 N–H and O–H groups in total. The predicted molar refractivity (Wildman–Crippen MR) is 83.1 cm³/mol. The molecule has 21 heavy (non-hydrogen) atoms. The van der Waals surface area contributed by atoms with Crippen molar-refractivity contribution >= 4 is 0 Å². The Morgan fingerprint density at radius 3 is 2.62 bits per heavy atom. The number of aliphatic hydroxyl groups excluding tert-OH is 1. The molecule has 1 aromatic carbocycles. The van der Waals surface area contributed by atoms with Crippen LogP contribution >= 0.6 is 0 Å². The summed E-state index contributed by atoms with van der Waals surface area (Å²) in [6.45, 7) is 2.65. The van der Waals surface area contributed by atoms with Gasteiger partial charge in [-0.05, 0) is 49.8 Å². The van der Waals surface area contributed by atoms with Gasteiger partial charge in [-0.2, -0.15) is 0 Å². The average molecular weight is 285 g/mol. The van der Waals surface area contributed by atoms with Crippen LogP contribution in [0.2, 0.25) is 0 Å². The Labute approximate surface area is 126 Å². The highest BCUT2D eigenvalue weighted by atomic mass is 16.4. The van der Waals surface area contributed by atoms with E-state index in [1.54, 1.807) is 6.26 Å². The van der Waals surface area contributed by atoms with Gasteiger partial charge in [0.05, 0.1) is 6.26 Å². The van der Waals surface area contributed by atoms with Crippen LogP contribution in [0.25, 0.3) is 0 Å². The van der Waals surface area contributed by atoms with Gasteiger partial charge in [0, 0.05) is 12.6 Å². The van der Waals surface area contributed by atoms with Crippen molar-refractivity contribution in [3.05, 3.63) is 59.5 Å². The van der Waals surface area contributed by atoms with Gasteiger partial charge in [-0.15, -0.1) is 0 Å². The molecule has 2 aromatic rings. The molecular weight excluding hydrogens is 262 g/mol. The van der Waals surface area contributed by atoms with E-state index < -0.39 is 6.10 Å². The molecule has 3 nitrogen and oxygen atoms in total. The summed E-state index contributed by atoms with van der Waals surface area (Å²) >= 11 is 0. The summed E-state index contributed by atoms with van der Waals surface area (Å²) in [5.74, 6) is 1.38. The molecule has 1 aliphatic rings. The lowest BCUT2D eigenvalue weighted by atomic mass is 10.0. The molecule has 2 atom stereocenters. The van der Waals surface area contributed by atoms with Crippen LogP contribution in [0.4, 0.5) is 0 Å². The molecule has 1 aromatic heterocycles. The fourth-order valence-corrected chi connectivity index (χ4v) is 2.73. The van der Waals surface area contributed by atoms with E-state index >= 15 is 0 Å². The maximum Gasteiger partial charge on any atom is 0.133 e. The lowest BCUT2D eigenvalue weighted by Crippen LogP contribution is -2.36. The smallest absolute Gasteiger partial charge is 0.133 e. The van der Waals surface area contributed by atoms with Crippen molar-refractivity contribution in [2.45, 2.75) is 38.3 Å². The molecule has 1 saturated carbocycles. The lowest BCUT2D eigenvalue weighted by Gasteiger charge is -2.20. The SMILES string of the molecule is Cc1ccc(CC(NCC(O)c2ccco2)C2CC2)cc1. The van der Waals surface area contributed by atoms with Gasteiger partial charge in [-0.1, -0.05) is 29.8 Å². The minimum atomic E-state index is -0.570. The quantitative estimate of drug-likeness (QED) is 0.821. The molecule has 1 fully saturated rings. The molecular formula is C18H23NO2. The second-order valence-corrected chi connectivity index (χ2v) is 6.07. The second kappa shape index (κ2) is 6.46. The first-order valence-corrected chi connectivity index (χ1v) is 7.73. The number of furan rings is 1. The molecule has 0 bridgehead atoms. The molecule has 3 rings (SSSR count). The third kappa shape index (κ3) is 3.96. The largest absolute Gasteiger partial charge is 0.467 e. The van der Waals surface area contributed by atoms with E-state index in [9.17, 15) is 5.11 Å². The van der Waals surface area contributed by atoms with Gasteiger partial charge in [-0.25, -0.2) is 0 Å². The summed E-state index contributed by atoms with van der Waals surface area (Å²) in [5, 5.41) is 13.6. The summed E-state index contributed by atoms with van der Waals surface area (Å²) < 4.78 is 5.25. The molecule has 0 aliphatic heterocycles. The number of hydrogen-bond donors (Lipinski definition) is 2. The average Bonchev–Trinajstić information content (AvgIpc) is 3.19. The Morgan fingerprint density at radius 1 is 1.24 bits per heavy atom. The first-order valence-electron chi connectivity index (χ1n) is 7.73. The number of nitrogens with one attached hydrogen (secondary N) is 1. The molecule has 0 spiro atoms. The predicted octanol–water partition coefficient (Wildman–Crippen LogP) is 3.23. The van der Waals surface area contributed by atoms with Crippen LogP contribution in [0.3, 0.4) is 0 Å². The summed E-state index contributed by atoms with van der Waals surface area (Å²) in [5.41, 5.74) is 2.65. The highest BCUT2D eigenvalue weighted by molar-refractivity contribution is 5.22. The van der Waals surface area contributed by atoms with Crippen molar-refractivity contribution in [3.8, 4) is 0 Å². The first kappa shape index (κ1) is 14.4. The van der Waals surface area contributed by atoms with E-state index in [0.717, 1.165) is 12.3 Å². The van der Waals surface area contributed by atoms with E-state index in [0.29, 0.717) is 18.3 Å². The van der Waals surface area contributed by atoms with Crippen LogP contribution in [0.15, 0.2) is 47.1 Å².